The van der Waals surface area contributed by atoms with Gasteiger partial charge in [0.25, 0.3) is 0 Å². The van der Waals surface area contributed by atoms with Crippen molar-refractivity contribution >= 4 is 11.5 Å². The Labute approximate surface area is 112 Å². The maximum absolute atomic E-state index is 11.3. The monoisotopic (exact) mass is 264 g/mol. The smallest absolute Gasteiger partial charge is 0.314 e. The fourth-order valence-electron chi connectivity index (χ4n) is 2.64. The highest BCUT2D eigenvalue weighted by atomic mass is 16.6. The summed E-state index contributed by atoms with van der Waals surface area (Å²) in [5, 5.41) is 11.3. The van der Waals surface area contributed by atoms with Gasteiger partial charge in [0.05, 0.1) is 4.92 Å². The zero-order valence-electron chi connectivity index (χ0n) is 11.4. The molecule has 6 heteroatoms. The van der Waals surface area contributed by atoms with Gasteiger partial charge in [-0.05, 0) is 45.2 Å². The second-order valence-electron chi connectivity index (χ2n) is 5.24. The van der Waals surface area contributed by atoms with Gasteiger partial charge in [-0.2, -0.15) is 0 Å². The maximum atomic E-state index is 11.3. The molecule has 19 heavy (non-hydrogen) atoms. The van der Waals surface area contributed by atoms with Crippen LogP contribution in [0.1, 0.15) is 25.3 Å². The Balaban J connectivity index is 2.39. The highest BCUT2D eigenvalue weighted by Crippen LogP contribution is 2.34. The molecule has 1 aliphatic heterocycles. The van der Waals surface area contributed by atoms with E-state index in [0.717, 1.165) is 19.4 Å². The number of rotatable bonds is 3. The first kappa shape index (κ1) is 13.7. The van der Waals surface area contributed by atoms with Crippen LogP contribution >= 0.6 is 0 Å². The summed E-state index contributed by atoms with van der Waals surface area (Å²) in [6.45, 7) is 5.19. The van der Waals surface area contributed by atoms with Crippen molar-refractivity contribution in [3.8, 4) is 0 Å². The predicted octanol–water partition coefficient (Wildman–Crippen LogP) is 1.86. The van der Waals surface area contributed by atoms with Crippen LogP contribution in [0.15, 0.2) is 12.3 Å². The molecule has 0 bridgehead atoms. The molecule has 2 N–H and O–H groups in total. The van der Waals surface area contributed by atoms with Gasteiger partial charge in [-0.3, -0.25) is 10.1 Å². The number of anilines is 1. The number of pyridine rings is 1. The van der Waals surface area contributed by atoms with Crippen LogP contribution in [0.25, 0.3) is 0 Å². The molecule has 2 unspecified atom stereocenters. The van der Waals surface area contributed by atoms with E-state index in [9.17, 15) is 10.1 Å². The van der Waals surface area contributed by atoms with Crippen LogP contribution in [0, 0.1) is 23.0 Å². The van der Waals surface area contributed by atoms with Crippen LogP contribution in [0.2, 0.25) is 0 Å². The summed E-state index contributed by atoms with van der Waals surface area (Å²) in [4.78, 5) is 17.2. The Bertz CT molecular complexity index is 478. The molecular formula is C13H20N4O2. The van der Waals surface area contributed by atoms with Gasteiger partial charge in [-0.25, -0.2) is 4.98 Å². The van der Waals surface area contributed by atoms with E-state index in [2.05, 4.69) is 11.9 Å². The van der Waals surface area contributed by atoms with E-state index in [0.29, 0.717) is 23.8 Å². The molecule has 0 radical (unpaired) electrons. The van der Waals surface area contributed by atoms with Gasteiger partial charge >= 0.3 is 5.69 Å². The van der Waals surface area contributed by atoms with Gasteiger partial charge in [0.2, 0.25) is 5.82 Å². The largest absolute Gasteiger partial charge is 0.348 e. The lowest BCUT2D eigenvalue weighted by Gasteiger charge is -2.38. The van der Waals surface area contributed by atoms with E-state index in [-0.39, 0.29) is 16.7 Å². The van der Waals surface area contributed by atoms with E-state index in [1.165, 1.54) is 0 Å². The summed E-state index contributed by atoms with van der Waals surface area (Å²) >= 11 is 0. The molecule has 1 aromatic rings. The normalized spacial score (nSPS) is 23.4. The lowest BCUT2D eigenvalue weighted by molar-refractivity contribution is -0.385. The van der Waals surface area contributed by atoms with Crippen molar-refractivity contribution in [3.63, 3.8) is 0 Å². The highest BCUT2D eigenvalue weighted by Gasteiger charge is 2.31. The molecule has 104 valence electrons. The summed E-state index contributed by atoms with van der Waals surface area (Å²) in [6, 6.07) is 1.94. The van der Waals surface area contributed by atoms with Crippen molar-refractivity contribution in [2.45, 2.75) is 32.7 Å². The molecule has 0 spiro atoms. The summed E-state index contributed by atoms with van der Waals surface area (Å²) < 4.78 is 0. The summed E-state index contributed by atoms with van der Waals surface area (Å²) in [5.74, 6) is 0.869. The fraction of sp³-hybridized carbons (Fsp3) is 0.615. The SMILES string of the molecule is Cc1ccnc(N2CC(CN)CCC2C)c1[N+](=O)[O-]. The Kier molecular flexibility index (Phi) is 3.99. The van der Waals surface area contributed by atoms with Crippen LogP contribution in [0.4, 0.5) is 11.5 Å². The molecule has 2 atom stereocenters. The minimum atomic E-state index is -0.337. The van der Waals surface area contributed by atoms with Gasteiger partial charge in [0, 0.05) is 24.3 Å². The van der Waals surface area contributed by atoms with Crippen LogP contribution in [-0.2, 0) is 0 Å². The molecule has 2 rings (SSSR count). The fourth-order valence-corrected chi connectivity index (χ4v) is 2.64. The average molecular weight is 264 g/mol. The number of hydrogen-bond acceptors (Lipinski definition) is 5. The third kappa shape index (κ3) is 2.68. The second kappa shape index (κ2) is 5.52. The minimum Gasteiger partial charge on any atom is -0.348 e. The average Bonchev–Trinajstić information content (AvgIpc) is 2.38. The van der Waals surface area contributed by atoms with E-state index < -0.39 is 0 Å². The highest BCUT2D eigenvalue weighted by molar-refractivity contribution is 5.62. The molecule has 1 aliphatic rings. The zero-order chi connectivity index (χ0) is 14.0. The lowest BCUT2D eigenvalue weighted by atomic mass is 9.93. The van der Waals surface area contributed by atoms with Crippen molar-refractivity contribution in [2.24, 2.45) is 11.7 Å². The number of nitro groups is 1. The number of piperidine rings is 1. The topological polar surface area (TPSA) is 85.3 Å². The first-order chi connectivity index (χ1) is 9.04. The van der Waals surface area contributed by atoms with Crippen molar-refractivity contribution in [3.05, 3.63) is 27.9 Å². The third-order valence-electron chi connectivity index (χ3n) is 3.87. The Morgan fingerprint density at radius 3 is 2.95 bits per heavy atom. The molecule has 0 amide bonds. The van der Waals surface area contributed by atoms with E-state index >= 15 is 0 Å². The molecule has 1 saturated heterocycles. The van der Waals surface area contributed by atoms with Crippen molar-refractivity contribution in [1.29, 1.82) is 0 Å². The molecule has 0 aromatic carbocycles. The molecule has 6 nitrogen and oxygen atoms in total. The van der Waals surface area contributed by atoms with Crippen molar-refractivity contribution in [2.75, 3.05) is 18.0 Å². The van der Waals surface area contributed by atoms with Gasteiger partial charge in [-0.1, -0.05) is 0 Å². The first-order valence-corrected chi connectivity index (χ1v) is 6.61. The van der Waals surface area contributed by atoms with Crippen LogP contribution in [-0.4, -0.2) is 29.0 Å². The predicted molar refractivity (Wildman–Crippen MR) is 74.2 cm³/mol. The van der Waals surface area contributed by atoms with E-state index in [1.807, 2.05) is 4.90 Å². The minimum absolute atomic E-state index is 0.118. The molecule has 1 fully saturated rings. The lowest BCUT2D eigenvalue weighted by Crippen LogP contribution is -2.44. The number of nitrogens with two attached hydrogens (primary N) is 1. The van der Waals surface area contributed by atoms with E-state index in [4.69, 9.17) is 5.73 Å². The summed E-state index contributed by atoms with van der Waals surface area (Å²) in [6.07, 6.45) is 3.71. The number of aromatic nitrogens is 1. The number of hydrogen-bond donors (Lipinski definition) is 1. The number of nitrogens with zero attached hydrogens (tertiary/aromatic N) is 3. The molecule has 0 saturated carbocycles. The van der Waals surface area contributed by atoms with Crippen molar-refractivity contribution in [1.82, 2.24) is 4.98 Å². The zero-order valence-corrected chi connectivity index (χ0v) is 11.4. The Morgan fingerprint density at radius 2 is 2.32 bits per heavy atom. The number of aryl methyl sites for hydroxylation is 1. The summed E-state index contributed by atoms with van der Waals surface area (Å²) in [5.41, 5.74) is 6.50. The van der Waals surface area contributed by atoms with Crippen LogP contribution in [0.3, 0.4) is 0 Å². The van der Waals surface area contributed by atoms with Crippen LogP contribution in [0.5, 0.6) is 0 Å². The Hall–Kier alpha value is -1.69. The van der Waals surface area contributed by atoms with Gasteiger partial charge < -0.3 is 10.6 Å². The molecule has 2 heterocycles. The standard InChI is InChI=1S/C13H20N4O2/c1-9-5-6-15-13(12(9)17(18)19)16-8-11(7-14)4-3-10(16)2/h5-6,10-11H,3-4,7-8,14H2,1-2H3. The Morgan fingerprint density at radius 1 is 1.58 bits per heavy atom. The van der Waals surface area contributed by atoms with E-state index in [1.54, 1.807) is 19.2 Å². The second-order valence-corrected chi connectivity index (χ2v) is 5.24. The first-order valence-electron chi connectivity index (χ1n) is 6.61. The van der Waals surface area contributed by atoms with Gasteiger partial charge in [-0.15, -0.1) is 0 Å². The van der Waals surface area contributed by atoms with Crippen molar-refractivity contribution < 1.29 is 4.92 Å². The third-order valence-corrected chi connectivity index (χ3v) is 3.87. The van der Waals surface area contributed by atoms with Crippen LogP contribution < -0.4 is 10.6 Å². The van der Waals surface area contributed by atoms with Gasteiger partial charge in [0.15, 0.2) is 0 Å². The molecular weight excluding hydrogens is 244 g/mol. The van der Waals surface area contributed by atoms with Gasteiger partial charge in [0.1, 0.15) is 0 Å². The molecule has 1 aromatic heterocycles. The molecule has 0 aliphatic carbocycles. The quantitative estimate of drug-likeness (QED) is 0.665. The maximum Gasteiger partial charge on any atom is 0.314 e. The summed E-state index contributed by atoms with van der Waals surface area (Å²) in [7, 11) is 0.